The molecule has 162 valence electrons. The van der Waals surface area contributed by atoms with Gasteiger partial charge in [-0.2, -0.15) is 11.3 Å². The number of nitrogen functional groups attached to an aromatic ring is 1. The number of hydrogen-bond acceptors (Lipinski definition) is 6. The summed E-state index contributed by atoms with van der Waals surface area (Å²) in [4.78, 5) is 34.3. The molecule has 8 nitrogen and oxygen atoms in total. The molecule has 1 aliphatic rings. The minimum Gasteiger partial charge on any atom is -0.383 e. The number of hydrogen-bond donors (Lipinski definition) is 3. The van der Waals surface area contributed by atoms with Gasteiger partial charge >= 0.3 is 6.03 Å². The molecule has 5 rings (SSSR count). The van der Waals surface area contributed by atoms with Crippen molar-refractivity contribution in [3.63, 3.8) is 0 Å². The van der Waals surface area contributed by atoms with Gasteiger partial charge in [0.05, 0.1) is 16.6 Å². The Kier molecular flexibility index (Phi) is 5.32. The third-order valence-corrected chi connectivity index (χ3v) is 6.45. The number of nitrogens with two attached hydrogens (primary N) is 1. The zero-order valence-corrected chi connectivity index (χ0v) is 18.1. The summed E-state index contributed by atoms with van der Waals surface area (Å²) < 4.78 is 2.07. The van der Waals surface area contributed by atoms with E-state index in [0.717, 1.165) is 31.4 Å². The van der Waals surface area contributed by atoms with E-state index in [0.29, 0.717) is 39.7 Å². The predicted octanol–water partition coefficient (Wildman–Crippen LogP) is 5.07. The van der Waals surface area contributed by atoms with Gasteiger partial charge in [-0.3, -0.25) is 4.79 Å². The first-order valence-corrected chi connectivity index (χ1v) is 11.4. The molecule has 0 atom stereocenters. The van der Waals surface area contributed by atoms with Crippen LogP contribution in [0.3, 0.4) is 0 Å². The maximum Gasteiger partial charge on any atom is 0.323 e. The quantitative estimate of drug-likeness (QED) is 0.371. The number of fused-ring (bicyclic) bond motifs is 1. The lowest BCUT2D eigenvalue weighted by Gasteiger charge is -2.12. The van der Waals surface area contributed by atoms with Gasteiger partial charge in [-0.05, 0) is 36.4 Å². The predicted molar refractivity (Wildman–Crippen MR) is 126 cm³/mol. The molecule has 0 aliphatic heterocycles. The van der Waals surface area contributed by atoms with E-state index in [1.54, 1.807) is 24.3 Å². The first-order valence-electron chi connectivity index (χ1n) is 10.5. The molecule has 9 heteroatoms. The number of rotatable bonds is 5. The minimum atomic E-state index is -0.372. The number of anilines is 3. The fraction of sp³-hybridized carbons (Fsp3) is 0.217. The zero-order valence-electron chi connectivity index (χ0n) is 17.2. The van der Waals surface area contributed by atoms with E-state index in [1.165, 1.54) is 17.7 Å². The average molecular weight is 447 g/mol. The van der Waals surface area contributed by atoms with Gasteiger partial charge in [0.15, 0.2) is 5.78 Å². The smallest absolute Gasteiger partial charge is 0.323 e. The van der Waals surface area contributed by atoms with Crippen LogP contribution in [-0.2, 0) is 0 Å². The molecule has 3 heterocycles. The summed E-state index contributed by atoms with van der Waals surface area (Å²) >= 11 is 1.50. The number of carbonyl (C=O) groups excluding carboxylic acids is 2. The molecule has 0 saturated heterocycles. The molecule has 4 N–H and O–H groups in total. The second-order valence-electron chi connectivity index (χ2n) is 7.85. The van der Waals surface area contributed by atoms with Crippen molar-refractivity contribution < 1.29 is 9.59 Å². The van der Waals surface area contributed by atoms with E-state index in [2.05, 4.69) is 25.2 Å². The Bertz CT molecular complexity index is 1290. The maximum atomic E-state index is 13.5. The van der Waals surface area contributed by atoms with Crippen LogP contribution in [0.5, 0.6) is 0 Å². The number of benzene rings is 1. The number of ketones is 1. The number of nitrogens with one attached hydrogen (secondary N) is 2. The molecule has 1 fully saturated rings. The van der Waals surface area contributed by atoms with E-state index >= 15 is 0 Å². The Morgan fingerprint density at radius 1 is 1.09 bits per heavy atom. The SMILES string of the molecule is Nc1ncnc2c1c(C(=O)c1cccc(NC(=O)Nc3ccsc3)c1)cn2C1CCCC1. The topological polar surface area (TPSA) is 115 Å². The lowest BCUT2D eigenvalue weighted by Crippen LogP contribution is -2.19. The first-order chi connectivity index (χ1) is 15.6. The molecule has 4 aromatic rings. The largest absolute Gasteiger partial charge is 0.383 e. The number of carbonyl (C=O) groups is 2. The van der Waals surface area contributed by atoms with E-state index < -0.39 is 0 Å². The van der Waals surface area contributed by atoms with Crippen molar-refractivity contribution >= 4 is 51.4 Å². The summed E-state index contributed by atoms with van der Waals surface area (Å²) in [6.45, 7) is 0. The van der Waals surface area contributed by atoms with Crippen LogP contribution in [0.15, 0.2) is 53.6 Å². The molecule has 1 aliphatic carbocycles. The van der Waals surface area contributed by atoms with Crippen LogP contribution in [0.4, 0.5) is 22.0 Å². The summed E-state index contributed by atoms with van der Waals surface area (Å²) in [5.41, 5.74) is 9.02. The molecule has 0 unspecified atom stereocenters. The lowest BCUT2D eigenvalue weighted by molar-refractivity contribution is 0.104. The monoisotopic (exact) mass is 446 g/mol. The van der Waals surface area contributed by atoms with E-state index in [1.807, 2.05) is 23.0 Å². The fourth-order valence-corrected chi connectivity index (χ4v) is 4.85. The number of thiophene rings is 1. The van der Waals surface area contributed by atoms with Crippen LogP contribution in [0, 0.1) is 0 Å². The number of nitrogens with zero attached hydrogens (tertiary/aromatic N) is 3. The molecule has 0 bridgehead atoms. The van der Waals surface area contributed by atoms with Crippen molar-refractivity contribution in [2.24, 2.45) is 0 Å². The Morgan fingerprint density at radius 2 is 1.91 bits per heavy atom. The molecule has 0 spiro atoms. The number of aromatic nitrogens is 3. The molecule has 2 amide bonds. The van der Waals surface area contributed by atoms with E-state index in [-0.39, 0.29) is 11.8 Å². The maximum absolute atomic E-state index is 13.5. The summed E-state index contributed by atoms with van der Waals surface area (Å²) in [6, 6.07) is 8.62. The molecule has 1 aromatic carbocycles. The fourth-order valence-electron chi connectivity index (χ4n) is 4.26. The van der Waals surface area contributed by atoms with Crippen molar-refractivity contribution in [3.8, 4) is 0 Å². The average Bonchev–Trinajstić information content (AvgIpc) is 3.54. The highest BCUT2D eigenvalue weighted by Crippen LogP contribution is 2.35. The highest BCUT2D eigenvalue weighted by atomic mass is 32.1. The molecule has 3 aromatic heterocycles. The third kappa shape index (κ3) is 3.82. The molecular formula is C23H22N6O2S. The highest BCUT2D eigenvalue weighted by Gasteiger charge is 2.25. The highest BCUT2D eigenvalue weighted by molar-refractivity contribution is 7.08. The first kappa shape index (κ1) is 20.2. The van der Waals surface area contributed by atoms with Gasteiger partial charge in [0.1, 0.15) is 17.8 Å². The van der Waals surface area contributed by atoms with Crippen molar-refractivity contribution in [1.29, 1.82) is 0 Å². The second-order valence-corrected chi connectivity index (χ2v) is 8.63. The van der Waals surface area contributed by atoms with Gasteiger partial charge in [0.2, 0.25) is 0 Å². The Labute approximate surface area is 188 Å². The molecule has 0 radical (unpaired) electrons. The van der Waals surface area contributed by atoms with Crippen LogP contribution < -0.4 is 16.4 Å². The van der Waals surface area contributed by atoms with Gasteiger partial charge in [-0.1, -0.05) is 25.0 Å². The summed E-state index contributed by atoms with van der Waals surface area (Å²) in [6.07, 6.45) is 7.73. The number of urea groups is 1. The summed E-state index contributed by atoms with van der Waals surface area (Å²) in [5.74, 6) is 0.106. The van der Waals surface area contributed by atoms with Crippen LogP contribution in [0.25, 0.3) is 11.0 Å². The normalized spacial score (nSPS) is 14.0. The van der Waals surface area contributed by atoms with Crippen molar-refractivity contribution in [1.82, 2.24) is 14.5 Å². The Hall–Kier alpha value is -3.72. The Balaban J connectivity index is 1.45. The van der Waals surface area contributed by atoms with Crippen LogP contribution in [-0.4, -0.2) is 26.3 Å². The van der Waals surface area contributed by atoms with E-state index in [9.17, 15) is 9.59 Å². The zero-order chi connectivity index (χ0) is 22.1. The third-order valence-electron chi connectivity index (χ3n) is 5.76. The summed E-state index contributed by atoms with van der Waals surface area (Å²) in [5, 5.41) is 9.83. The van der Waals surface area contributed by atoms with Gasteiger partial charge in [0.25, 0.3) is 0 Å². The Morgan fingerprint density at radius 3 is 2.69 bits per heavy atom. The summed E-state index contributed by atoms with van der Waals surface area (Å²) in [7, 11) is 0. The standard InChI is InChI=1S/C23H22N6O2S/c24-21-19-18(11-29(17-6-1-2-7-17)22(19)26-13-25-21)20(30)14-4-3-5-15(10-14)27-23(31)28-16-8-9-32-12-16/h3-5,8-13,17H,1-2,6-7H2,(H2,24,25,26)(H2,27,28,31). The van der Waals surface area contributed by atoms with Crippen LogP contribution in [0.2, 0.25) is 0 Å². The molecule has 1 saturated carbocycles. The van der Waals surface area contributed by atoms with Crippen molar-refractivity contribution in [2.75, 3.05) is 16.4 Å². The van der Waals surface area contributed by atoms with E-state index in [4.69, 9.17) is 5.73 Å². The van der Waals surface area contributed by atoms with Crippen LogP contribution in [0.1, 0.15) is 47.6 Å². The minimum absolute atomic E-state index is 0.185. The van der Waals surface area contributed by atoms with Gasteiger partial charge in [-0.25, -0.2) is 14.8 Å². The van der Waals surface area contributed by atoms with Gasteiger partial charge in [0, 0.05) is 28.9 Å². The van der Waals surface area contributed by atoms with Crippen LogP contribution >= 0.6 is 11.3 Å². The molecule has 32 heavy (non-hydrogen) atoms. The number of amides is 2. The van der Waals surface area contributed by atoms with Crippen molar-refractivity contribution in [3.05, 3.63) is 64.7 Å². The molecular weight excluding hydrogens is 424 g/mol. The second kappa shape index (κ2) is 8.43. The van der Waals surface area contributed by atoms with Gasteiger partial charge < -0.3 is 20.9 Å². The lowest BCUT2D eigenvalue weighted by atomic mass is 10.0. The van der Waals surface area contributed by atoms with Crippen molar-refractivity contribution in [2.45, 2.75) is 31.7 Å². The van der Waals surface area contributed by atoms with Gasteiger partial charge in [-0.15, -0.1) is 0 Å².